The second-order valence-electron chi connectivity index (χ2n) is 6.15. The fourth-order valence-corrected chi connectivity index (χ4v) is 4.10. The van der Waals surface area contributed by atoms with Crippen LogP contribution in [0.15, 0.2) is 24.9 Å². The summed E-state index contributed by atoms with van der Waals surface area (Å²) in [6.45, 7) is 5.06. The normalized spacial score (nSPS) is 15.1. The average molecular weight is 356 g/mol. The molecule has 8 heteroatoms. The molecule has 7 nitrogen and oxygen atoms in total. The summed E-state index contributed by atoms with van der Waals surface area (Å²) >= 11 is 1.73. The van der Waals surface area contributed by atoms with Crippen LogP contribution in [0.1, 0.15) is 22.3 Å². The molecule has 3 aromatic rings. The molecule has 1 saturated heterocycles. The van der Waals surface area contributed by atoms with Crippen molar-refractivity contribution < 1.29 is 4.79 Å². The maximum absolute atomic E-state index is 12.6. The highest BCUT2D eigenvalue weighted by Gasteiger charge is 2.25. The number of nitrogens with zero attached hydrogens (tertiary/aromatic N) is 6. The van der Waals surface area contributed by atoms with E-state index in [1.165, 1.54) is 4.88 Å². The van der Waals surface area contributed by atoms with E-state index in [2.05, 4.69) is 32.8 Å². The molecule has 0 N–H and O–H groups in total. The molecule has 1 amide bonds. The van der Waals surface area contributed by atoms with Gasteiger partial charge in [0.15, 0.2) is 0 Å². The van der Waals surface area contributed by atoms with Gasteiger partial charge in [-0.1, -0.05) is 6.92 Å². The topological polar surface area (TPSA) is 67.2 Å². The largest absolute Gasteiger partial charge is 0.352 e. The molecule has 4 rings (SSSR count). The van der Waals surface area contributed by atoms with Gasteiger partial charge in [0.1, 0.15) is 22.7 Å². The summed E-state index contributed by atoms with van der Waals surface area (Å²) in [4.78, 5) is 32.0. The molecular formula is C17H20N6OS. The van der Waals surface area contributed by atoms with Gasteiger partial charge >= 0.3 is 0 Å². The van der Waals surface area contributed by atoms with Crippen LogP contribution in [0.5, 0.6) is 0 Å². The number of amides is 1. The van der Waals surface area contributed by atoms with E-state index < -0.39 is 0 Å². The third-order valence-electron chi connectivity index (χ3n) is 4.61. The molecule has 0 radical (unpaired) electrons. The van der Waals surface area contributed by atoms with Crippen molar-refractivity contribution in [1.29, 1.82) is 0 Å². The minimum atomic E-state index is 0.0382. The van der Waals surface area contributed by atoms with Crippen LogP contribution in [-0.4, -0.2) is 56.5 Å². The van der Waals surface area contributed by atoms with E-state index in [9.17, 15) is 4.79 Å². The minimum Gasteiger partial charge on any atom is -0.352 e. The maximum Gasteiger partial charge on any atom is 0.272 e. The quantitative estimate of drug-likeness (QED) is 0.718. The van der Waals surface area contributed by atoms with Crippen LogP contribution < -0.4 is 4.90 Å². The lowest BCUT2D eigenvalue weighted by Gasteiger charge is -2.35. The van der Waals surface area contributed by atoms with Gasteiger partial charge in [-0.25, -0.2) is 15.0 Å². The highest BCUT2D eigenvalue weighted by atomic mass is 32.1. The summed E-state index contributed by atoms with van der Waals surface area (Å²) < 4.78 is 1.76. The zero-order valence-corrected chi connectivity index (χ0v) is 15.2. The molecule has 3 aromatic heterocycles. The van der Waals surface area contributed by atoms with E-state index in [-0.39, 0.29) is 5.91 Å². The average Bonchev–Trinajstić information content (AvgIpc) is 3.26. The Hall–Kier alpha value is -2.48. The molecule has 130 valence electrons. The van der Waals surface area contributed by atoms with E-state index in [1.54, 1.807) is 34.8 Å². The molecule has 1 aliphatic heterocycles. The van der Waals surface area contributed by atoms with Crippen LogP contribution in [0, 0.1) is 0 Å². The number of hydrogen-bond donors (Lipinski definition) is 0. The van der Waals surface area contributed by atoms with Crippen molar-refractivity contribution in [2.24, 2.45) is 7.05 Å². The van der Waals surface area contributed by atoms with Crippen molar-refractivity contribution in [3.8, 4) is 0 Å². The van der Waals surface area contributed by atoms with E-state index in [4.69, 9.17) is 0 Å². The summed E-state index contributed by atoms with van der Waals surface area (Å²) in [7, 11) is 1.84. The number of hydrogen-bond acceptors (Lipinski definition) is 6. The predicted octanol–water partition coefficient (Wildman–Crippen LogP) is 1.95. The lowest BCUT2D eigenvalue weighted by atomic mass is 10.2. The number of imidazole rings is 1. The molecule has 1 aliphatic rings. The molecule has 0 bridgehead atoms. The van der Waals surface area contributed by atoms with Crippen LogP contribution in [0.25, 0.3) is 10.2 Å². The number of piperazine rings is 1. The molecule has 25 heavy (non-hydrogen) atoms. The highest BCUT2D eigenvalue weighted by Crippen LogP contribution is 2.31. The fraction of sp³-hybridized carbons (Fsp3) is 0.412. The summed E-state index contributed by atoms with van der Waals surface area (Å²) in [6.07, 6.45) is 5.93. The number of anilines is 1. The zero-order chi connectivity index (χ0) is 17.4. The van der Waals surface area contributed by atoms with Crippen molar-refractivity contribution in [2.45, 2.75) is 13.3 Å². The van der Waals surface area contributed by atoms with E-state index in [0.717, 1.165) is 35.5 Å². The van der Waals surface area contributed by atoms with E-state index in [1.807, 2.05) is 11.9 Å². The molecule has 0 aliphatic carbocycles. The van der Waals surface area contributed by atoms with Crippen LogP contribution >= 0.6 is 11.3 Å². The van der Waals surface area contributed by atoms with Crippen molar-refractivity contribution in [3.63, 3.8) is 0 Å². The Bertz CT molecular complexity index is 909. The number of thiophene rings is 1. The predicted molar refractivity (Wildman–Crippen MR) is 98.1 cm³/mol. The first kappa shape index (κ1) is 16.0. The molecule has 0 atom stereocenters. The number of carbonyl (C=O) groups excluding carboxylic acids is 1. The second-order valence-corrected chi connectivity index (χ2v) is 7.27. The molecule has 0 unspecified atom stereocenters. The summed E-state index contributed by atoms with van der Waals surface area (Å²) in [5.41, 5.74) is 0.628. The van der Waals surface area contributed by atoms with Crippen LogP contribution in [0.2, 0.25) is 0 Å². The van der Waals surface area contributed by atoms with Gasteiger partial charge in [0.2, 0.25) is 0 Å². The van der Waals surface area contributed by atoms with Crippen LogP contribution in [-0.2, 0) is 13.5 Å². The fourth-order valence-electron chi connectivity index (χ4n) is 3.17. The smallest absolute Gasteiger partial charge is 0.272 e. The van der Waals surface area contributed by atoms with Gasteiger partial charge in [-0.15, -0.1) is 11.3 Å². The van der Waals surface area contributed by atoms with Crippen molar-refractivity contribution in [2.75, 3.05) is 31.1 Å². The van der Waals surface area contributed by atoms with Crippen LogP contribution in [0.3, 0.4) is 0 Å². The van der Waals surface area contributed by atoms with Crippen molar-refractivity contribution >= 4 is 33.3 Å². The van der Waals surface area contributed by atoms with Gasteiger partial charge in [-0.2, -0.15) is 0 Å². The first-order chi connectivity index (χ1) is 12.2. The Labute approximate surface area is 149 Å². The Morgan fingerprint density at radius 1 is 1.24 bits per heavy atom. The van der Waals surface area contributed by atoms with Gasteiger partial charge in [0.05, 0.1) is 17.9 Å². The molecule has 0 saturated carbocycles. The lowest BCUT2D eigenvalue weighted by molar-refractivity contribution is 0.0737. The SMILES string of the molecule is CCc1cc2c(N3CCN(C(=O)c4cncn4C)CC3)ncnc2s1. The van der Waals surface area contributed by atoms with Gasteiger partial charge < -0.3 is 14.4 Å². The first-order valence-corrected chi connectivity index (χ1v) is 9.23. The van der Waals surface area contributed by atoms with Crippen molar-refractivity contribution in [3.05, 3.63) is 35.5 Å². The summed E-state index contributed by atoms with van der Waals surface area (Å²) in [5.74, 6) is 1.02. The molecule has 1 fully saturated rings. The van der Waals surface area contributed by atoms with E-state index in [0.29, 0.717) is 18.8 Å². The van der Waals surface area contributed by atoms with Gasteiger partial charge in [0, 0.05) is 38.1 Å². The molecule has 4 heterocycles. The van der Waals surface area contributed by atoms with Gasteiger partial charge in [-0.05, 0) is 12.5 Å². The van der Waals surface area contributed by atoms with E-state index >= 15 is 0 Å². The highest BCUT2D eigenvalue weighted by molar-refractivity contribution is 7.18. The van der Waals surface area contributed by atoms with Gasteiger partial charge in [0.25, 0.3) is 5.91 Å². The van der Waals surface area contributed by atoms with Crippen molar-refractivity contribution in [1.82, 2.24) is 24.4 Å². The summed E-state index contributed by atoms with van der Waals surface area (Å²) in [6, 6.07) is 2.20. The number of rotatable bonds is 3. The zero-order valence-electron chi connectivity index (χ0n) is 14.3. The number of aryl methyl sites for hydroxylation is 2. The molecule has 0 aromatic carbocycles. The monoisotopic (exact) mass is 356 g/mol. The van der Waals surface area contributed by atoms with Crippen LogP contribution in [0.4, 0.5) is 5.82 Å². The number of carbonyl (C=O) groups is 1. The maximum atomic E-state index is 12.6. The number of aromatic nitrogens is 4. The summed E-state index contributed by atoms with van der Waals surface area (Å²) in [5, 5.41) is 1.12. The molecule has 0 spiro atoms. The third kappa shape index (κ3) is 2.86. The molecular weight excluding hydrogens is 336 g/mol. The Kier molecular flexibility index (Phi) is 4.12. The van der Waals surface area contributed by atoms with Gasteiger partial charge in [-0.3, -0.25) is 4.79 Å². The third-order valence-corrected chi connectivity index (χ3v) is 5.80. The Balaban J connectivity index is 1.52. The Morgan fingerprint density at radius 2 is 2.04 bits per heavy atom. The minimum absolute atomic E-state index is 0.0382. The lowest BCUT2D eigenvalue weighted by Crippen LogP contribution is -2.49. The number of fused-ring (bicyclic) bond motifs is 1. The standard InChI is InChI=1S/C17H20N6OS/c1-3-12-8-13-15(19-10-20-16(13)25-12)22-4-6-23(7-5-22)17(24)14-9-18-11-21(14)2/h8-11H,3-7H2,1-2H3. The second kappa shape index (κ2) is 6.44. The first-order valence-electron chi connectivity index (χ1n) is 8.41. The Morgan fingerprint density at radius 3 is 2.72 bits per heavy atom.